The molecule has 1 saturated carbocycles. The molecule has 0 spiro atoms. The van der Waals surface area contributed by atoms with Crippen molar-refractivity contribution in [1.29, 1.82) is 0 Å². The molecule has 1 amide bonds. The molecule has 1 atom stereocenters. The number of carbonyl (C=O) groups excluding carboxylic acids is 1. The summed E-state index contributed by atoms with van der Waals surface area (Å²) in [5.41, 5.74) is 0. The minimum atomic E-state index is 0.201. The third kappa shape index (κ3) is 6.30. The third-order valence-corrected chi connectivity index (χ3v) is 4.05. The van der Waals surface area contributed by atoms with Gasteiger partial charge in [0, 0.05) is 18.3 Å². The Morgan fingerprint density at radius 3 is 2.47 bits per heavy atom. The highest BCUT2D eigenvalue weighted by atomic mass is 35.5. The summed E-state index contributed by atoms with van der Waals surface area (Å²) in [6.45, 7) is 2.16. The van der Waals surface area contributed by atoms with E-state index in [1.54, 1.807) is 0 Å². The summed E-state index contributed by atoms with van der Waals surface area (Å²) in [6, 6.07) is 0.344. The quantitative estimate of drug-likeness (QED) is 0.438. The first-order valence-electron chi connectivity index (χ1n) is 7.09. The molecule has 1 fully saturated rings. The molecule has 1 N–H and O–H groups in total. The molecule has 2 nitrogen and oxygen atoms in total. The van der Waals surface area contributed by atoms with Gasteiger partial charge in [0.05, 0.1) is 0 Å². The Bertz CT molecular complexity index is 212. The van der Waals surface area contributed by atoms with Gasteiger partial charge in [-0.05, 0) is 38.5 Å². The normalized spacial score (nSPS) is 19.6. The molecule has 100 valence electrons. The van der Waals surface area contributed by atoms with Crippen molar-refractivity contribution in [2.24, 2.45) is 5.92 Å². The predicted molar refractivity (Wildman–Crippen MR) is 73.4 cm³/mol. The van der Waals surface area contributed by atoms with E-state index >= 15 is 0 Å². The van der Waals surface area contributed by atoms with Crippen LogP contribution in [0.5, 0.6) is 0 Å². The van der Waals surface area contributed by atoms with E-state index < -0.39 is 0 Å². The highest BCUT2D eigenvalue weighted by Gasteiger charge is 2.20. The summed E-state index contributed by atoms with van der Waals surface area (Å²) >= 11 is 5.60. The summed E-state index contributed by atoms with van der Waals surface area (Å²) < 4.78 is 0. The Morgan fingerprint density at radius 2 is 1.88 bits per heavy atom. The molecule has 0 aromatic rings. The first kappa shape index (κ1) is 14.8. The Labute approximate surface area is 110 Å². The van der Waals surface area contributed by atoms with E-state index in [4.69, 9.17) is 11.6 Å². The largest absolute Gasteiger partial charge is 0.353 e. The Morgan fingerprint density at radius 1 is 1.24 bits per heavy atom. The lowest BCUT2D eigenvalue weighted by molar-refractivity contribution is -0.122. The van der Waals surface area contributed by atoms with Crippen LogP contribution in [0, 0.1) is 5.92 Å². The molecular weight excluding hydrogens is 234 g/mol. The van der Waals surface area contributed by atoms with E-state index in [1.165, 1.54) is 38.5 Å². The molecule has 0 unspecified atom stereocenters. The van der Waals surface area contributed by atoms with E-state index in [9.17, 15) is 4.79 Å². The molecule has 1 rings (SSSR count). The molecule has 0 aromatic heterocycles. The topological polar surface area (TPSA) is 29.1 Å². The van der Waals surface area contributed by atoms with Crippen molar-refractivity contribution >= 4 is 17.5 Å². The standard InChI is InChI=1S/C14H26ClNO/c1-12(13-8-4-2-3-5-9-13)16-14(17)10-6-7-11-15/h12-13H,2-11H2,1H3,(H,16,17)/t12-/m1/s1. The van der Waals surface area contributed by atoms with Crippen LogP contribution in [0.3, 0.4) is 0 Å². The maximum Gasteiger partial charge on any atom is 0.220 e. The second kappa shape index (κ2) is 8.79. The fraction of sp³-hybridized carbons (Fsp3) is 0.929. The van der Waals surface area contributed by atoms with Gasteiger partial charge >= 0.3 is 0 Å². The van der Waals surface area contributed by atoms with Gasteiger partial charge in [0.25, 0.3) is 0 Å². The number of alkyl halides is 1. The number of hydrogen-bond donors (Lipinski definition) is 1. The van der Waals surface area contributed by atoms with Crippen LogP contribution in [-0.4, -0.2) is 17.8 Å². The van der Waals surface area contributed by atoms with E-state index in [1.807, 2.05) is 0 Å². The highest BCUT2D eigenvalue weighted by molar-refractivity contribution is 6.17. The van der Waals surface area contributed by atoms with Gasteiger partial charge in [0.15, 0.2) is 0 Å². The molecule has 0 radical (unpaired) electrons. The highest BCUT2D eigenvalue weighted by Crippen LogP contribution is 2.25. The van der Waals surface area contributed by atoms with Crippen molar-refractivity contribution in [3.8, 4) is 0 Å². The smallest absolute Gasteiger partial charge is 0.220 e. The van der Waals surface area contributed by atoms with Crippen LogP contribution in [0.25, 0.3) is 0 Å². The van der Waals surface area contributed by atoms with Gasteiger partial charge in [-0.2, -0.15) is 0 Å². The third-order valence-electron chi connectivity index (χ3n) is 3.78. The zero-order chi connectivity index (χ0) is 12.5. The Kier molecular flexibility index (Phi) is 7.67. The molecule has 1 aliphatic carbocycles. The number of hydrogen-bond acceptors (Lipinski definition) is 1. The van der Waals surface area contributed by atoms with Gasteiger partial charge in [0.1, 0.15) is 0 Å². The summed E-state index contributed by atoms with van der Waals surface area (Å²) in [5.74, 6) is 1.55. The number of nitrogens with one attached hydrogen (secondary N) is 1. The fourth-order valence-corrected chi connectivity index (χ4v) is 2.82. The fourth-order valence-electron chi connectivity index (χ4n) is 2.63. The molecule has 0 saturated heterocycles. The van der Waals surface area contributed by atoms with Crippen LogP contribution in [0.4, 0.5) is 0 Å². The number of carbonyl (C=O) groups is 1. The maximum absolute atomic E-state index is 11.7. The average Bonchev–Trinajstić information content (AvgIpc) is 2.57. The molecule has 0 aromatic carbocycles. The minimum absolute atomic E-state index is 0.201. The zero-order valence-electron chi connectivity index (χ0n) is 11.0. The molecular formula is C14H26ClNO. The first-order chi connectivity index (χ1) is 8.24. The van der Waals surface area contributed by atoms with Crippen molar-refractivity contribution in [2.75, 3.05) is 5.88 Å². The molecule has 0 aliphatic heterocycles. The Hall–Kier alpha value is -0.240. The van der Waals surface area contributed by atoms with E-state index in [2.05, 4.69) is 12.2 Å². The number of amides is 1. The number of unbranched alkanes of at least 4 members (excludes halogenated alkanes) is 1. The lowest BCUT2D eigenvalue weighted by Gasteiger charge is -2.23. The van der Waals surface area contributed by atoms with Crippen molar-refractivity contribution in [3.05, 3.63) is 0 Å². The van der Waals surface area contributed by atoms with E-state index in [0.29, 0.717) is 24.3 Å². The summed E-state index contributed by atoms with van der Waals surface area (Å²) in [6.07, 6.45) is 10.4. The summed E-state index contributed by atoms with van der Waals surface area (Å²) in [7, 11) is 0. The van der Waals surface area contributed by atoms with Gasteiger partial charge < -0.3 is 5.32 Å². The van der Waals surface area contributed by atoms with Gasteiger partial charge in [-0.25, -0.2) is 0 Å². The SMILES string of the molecule is C[C@@H](NC(=O)CCCCCl)C1CCCCCC1. The second-order valence-corrected chi connectivity index (χ2v) is 5.63. The lowest BCUT2D eigenvalue weighted by Crippen LogP contribution is -2.37. The molecule has 0 heterocycles. The van der Waals surface area contributed by atoms with Gasteiger partial charge in [-0.1, -0.05) is 25.7 Å². The van der Waals surface area contributed by atoms with Crippen molar-refractivity contribution in [2.45, 2.75) is 70.8 Å². The number of halogens is 1. The average molecular weight is 260 g/mol. The molecule has 17 heavy (non-hydrogen) atoms. The maximum atomic E-state index is 11.7. The Balaban J connectivity index is 2.21. The van der Waals surface area contributed by atoms with Gasteiger partial charge in [-0.15, -0.1) is 11.6 Å². The van der Waals surface area contributed by atoms with Crippen molar-refractivity contribution in [1.82, 2.24) is 5.32 Å². The first-order valence-corrected chi connectivity index (χ1v) is 7.63. The van der Waals surface area contributed by atoms with Gasteiger partial charge in [-0.3, -0.25) is 4.79 Å². The zero-order valence-corrected chi connectivity index (χ0v) is 11.8. The van der Waals surface area contributed by atoms with E-state index in [0.717, 1.165) is 12.8 Å². The van der Waals surface area contributed by atoms with Crippen molar-refractivity contribution in [3.63, 3.8) is 0 Å². The minimum Gasteiger partial charge on any atom is -0.353 e. The van der Waals surface area contributed by atoms with Crippen LogP contribution < -0.4 is 5.32 Å². The number of rotatable bonds is 6. The summed E-state index contributed by atoms with van der Waals surface area (Å²) in [5, 5.41) is 3.15. The molecule has 1 aliphatic rings. The second-order valence-electron chi connectivity index (χ2n) is 5.25. The van der Waals surface area contributed by atoms with Crippen LogP contribution >= 0.6 is 11.6 Å². The predicted octanol–water partition coefficient (Wildman–Crippen LogP) is 3.87. The lowest BCUT2D eigenvalue weighted by atomic mass is 9.93. The monoisotopic (exact) mass is 259 g/mol. The van der Waals surface area contributed by atoms with Crippen LogP contribution in [0.1, 0.15) is 64.7 Å². The molecule has 3 heteroatoms. The van der Waals surface area contributed by atoms with Crippen LogP contribution in [-0.2, 0) is 4.79 Å². The van der Waals surface area contributed by atoms with Crippen LogP contribution in [0.2, 0.25) is 0 Å². The van der Waals surface area contributed by atoms with Gasteiger partial charge in [0.2, 0.25) is 5.91 Å². The summed E-state index contributed by atoms with van der Waals surface area (Å²) in [4.78, 5) is 11.7. The van der Waals surface area contributed by atoms with Crippen LogP contribution in [0.15, 0.2) is 0 Å². The van der Waals surface area contributed by atoms with Crippen molar-refractivity contribution < 1.29 is 4.79 Å². The molecule has 0 bridgehead atoms. The van der Waals surface area contributed by atoms with E-state index in [-0.39, 0.29) is 5.91 Å².